The molecule has 1 rings (SSSR count). The van der Waals surface area contributed by atoms with Gasteiger partial charge in [0.05, 0.1) is 0 Å². The van der Waals surface area contributed by atoms with Crippen LogP contribution in [-0.4, -0.2) is 18.1 Å². The molecule has 0 heterocycles. The van der Waals surface area contributed by atoms with Gasteiger partial charge in [0.2, 0.25) is 0 Å². The van der Waals surface area contributed by atoms with Crippen LogP contribution in [0.4, 0.5) is 4.79 Å². The highest BCUT2D eigenvalue weighted by atomic mass is 16.2. The van der Waals surface area contributed by atoms with Gasteiger partial charge in [0, 0.05) is 18.6 Å². The highest BCUT2D eigenvalue weighted by molar-refractivity contribution is 5.74. The summed E-state index contributed by atoms with van der Waals surface area (Å²) >= 11 is 0. The van der Waals surface area contributed by atoms with Gasteiger partial charge in [0.15, 0.2) is 0 Å². The number of rotatable bonds is 5. The van der Waals surface area contributed by atoms with Gasteiger partial charge in [-0.25, -0.2) is 4.79 Å². The van der Waals surface area contributed by atoms with E-state index < -0.39 is 0 Å². The molecule has 0 radical (unpaired) electrons. The molecule has 2 atom stereocenters. The maximum absolute atomic E-state index is 11.5. The Hall–Kier alpha value is -1.55. The van der Waals surface area contributed by atoms with Crippen LogP contribution in [0.5, 0.6) is 0 Å². The normalized spacial score (nSPS) is 13.8. The van der Waals surface area contributed by atoms with Gasteiger partial charge in [-0.2, -0.15) is 0 Å². The molecule has 94 valence electrons. The Morgan fingerprint density at radius 1 is 1.29 bits per heavy atom. The Bertz CT molecular complexity index is 338. The fourth-order valence-corrected chi connectivity index (χ4v) is 1.67. The number of carbonyl (C=O) groups excluding carboxylic acids is 1. The third-order valence-corrected chi connectivity index (χ3v) is 2.40. The quantitative estimate of drug-likeness (QED) is 0.726. The van der Waals surface area contributed by atoms with Crippen LogP contribution in [0.25, 0.3) is 0 Å². The summed E-state index contributed by atoms with van der Waals surface area (Å²) in [5.41, 5.74) is 6.75. The summed E-state index contributed by atoms with van der Waals surface area (Å²) in [7, 11) is 0. The van der Waals surface area contributed by atoms with Gasteiger partial charge in [-0.3, -0.25) is 0 Å². The maximum atomic E-state index is 11.5. The molecule has 0 spiro atoms. The van der Waals surface area contributed by atoms with E-state index in [9.17, 15) is 4.79 Å². The lowest BCUT2D eigenvalue weighted by Crippen LogP contribution is -2.42. The molecule has 4 heteroatoms. The molecule has 0 aliphatic carbocycles. The zero-order valence-electron chi connectivity index (χ0n) is 10.4. The monoisotopic (exact) mass is 235 g/mol. The number of benzene rings is 1. The van der Waals surface area contributed by atoms with Crippen LogP contribution >= 0.6 is 0 Å². The van der Waals surface area contributed by atoms with Gasteiger partial charge in [-0.15, -0.1) is 0 Å². The van der Waals surface area contributed by atoms with E-state index in [1.165, 1.54) is 0 Å². The minimum atomic E-state index is -0.151. The van der Waals surface area contributed by atoms with E-state index in [1.807, 2.05) is 44.2 Å². The molecule has 1 aromatic carbocycles. The van der Waals surface area contributed by atoms with E-state index >= 15 is 0 Å². The third kappa shape index (κ3) is 5.92. The van der Waals surface area contributed by atoms with Crippen molar-refractivity contribution in [1.82, 2.24) is 10.6 Å². The molecule has 0 aliphatic rings. The predicted molar refractivity (Wildman–Crippen MR) is 69.5 cm³/mol. The first kappa shape index (κ1) is 13.5. The molecule has 0 saturated carbocycles. The predicted octanol–water partition coefficient (Wildman–Crippen LogP) is 1.61. The van der Waals surface area contributed by atoms with E-state index in [2.05, 4.69) is 10.6 Å². The molecule has 0 saturated heterocycles. The van der Waals surface area contributed by atoms with Crippen LogP contribution in [0.1, 0.15) is 25.8 Å². The van der Waals surface area contributed by atoms with Gasteiger partial charge in [0.1, 0.15) is 0 Å². The third-order valence-electron chi connectivity index (χ3n) is 2.40. The summed E-state index contributed by atoms with van der Waals surface area (Å²) in [5, 5.41) is 5.66. The van der Waals surface area contributed by atoms with E-state index in [0.717, 1.165) is 12.0 Å². The molecule has 4 N–H and O–H groups in total. The first-order chi connectivity index (χ1) is 8.08. The summed E-state index contributed by atoms with van der Waals surface area (Å²) in [6.45, 7) is 4.42. The van der Waals surface area contributed by atoms with Gasteiger partial charge < -0.3 is 16.4 Å². The minimum absolute atomic E-state index is 0.0887. The smallest absolute Gasteiger partial charge is 0.315 e. The van der Waals surface area contributed by atoms with Crippen molar-refractivity contribution in [1.29, 1.82) is 0 Å². The maximum Gasteiger partial charge on any atom is 0.315 e. The van der Waals surface area contributed by atoms with Crippen molar-refractivity contribution in [2.75, 3.05) is 0 Å². The van der Waals surface area contributed by atoms with Crippen molar-refractivity contribution in [3.63, 3.8) is 0 Å². The summed E-state index contributed by atoms with van der Waals surface area (Å²) in [4.78, 5) is 11.5. The molecular weight excluding hydrogens is 214 g/mol. The lowest BCUT2D eigenvalue weighted by molar-refractivity contribution is 0.236. The lowest BCUT2D eigenvalue weighted by Gasteiger charge is -2.16. The van der Waals surface area contributed by atoms with Crippen molar-refractivity contribution in [3.05, 3.63) is 35.9 Å². The Kier molecular flexibility index (Phi) is 5.49. The number of nitrogens with one attached hydrogen (secondary N) is 2. The van der Waals surface area contributed by atoms with Crippen LogP contribution < -0.4 is 16.4 Å². The second kappa shape index (κ2) is 6.91. The fourth-order valence-electron chi connectivity index (χ4n) is 1.67. The Morgan fingerprint density at radius 2 is 1.94 bits per heavy atom. The average Bonchev–Trinajstić information content (AvgIpc) is 2.26. The average molecular weight is 235 g/mol. The topological polar surface area (TPSA) is 67.1 Å². The molecule has 2 amide bonds. The molecule has 17 heavy (non-hydrogen) atoms. The molecule has 4 nitrogen and oxygen atoms in total. The Balaban J connectivity index is 2.26. The molecule has 2 unspecified atom stereocenters. The first-order valence-corrected chi connectivity index (χ1v) is 5.92. The van der Waals surface area contributed by atoms with E-state index in [0.29, 0.717) is 6.54 Å². The second-order valence-corrected chi connectivity index (χ2v) is 4.43. The van der Waals surface area contributed by atoms with Crippen molar-refractivity contribution < 1.29 is 4.79 Å². The largest absolute Gasteiger partial charge is 0.336 e. The van der Waals surface area contributed by atoms with Crippen LogP contribution in [0.2, 0.25) is 0 Å². The van der Waals surface area contributed by atoms with E-state index in [4.69, 9.17) is 5.73 Å². The molecule has 0 bridgehead atoms. The fraction of sp³-hybridized carbons (Fsp3) is 0.462. The summed E-state index contributed by atoms with van der Waals surface area (Å²) in [5.74, 6) is 0. The molecule has 1 aromatic rings. The highest BCUT2D eigenvalue weighted by Gasteiger charge is 2.08. The van der Waals surface area contributed by atoms with Crippen molar-refractivity contribution in [2.24, 2.45) is 5.73 Å². The standard InChI is InChI=1S/C13H21N3O/c1-10(14)8-11(2)16-13(17)15-9-12-6-4-3-5-7-12/h3-7,10-11H,8-9,14H2,1-2H3,(H2,15,16,17). The number of amides is 2. The Morgan fingerprint density at radius 3 is 2.53 bits per heavy atom. The molecule has 0 fully saturated rings. The lowest BCUT2D eigenvalue weighted by atomic mass is 10.1. The first-order valence-electron chi connectivity index (χ1n) is 5.92. The number of hydrogen-bond acceptors (Lipinski definition) is 2. The summed E-state index contributed by atoms with van der Waals surface area (Å²) < 4.78 is 0. The number of hydrogen-bond donors (Lipinski definition) is 3. The molecule has 0 aromatic heterocycles. The van der Waals surface area contributed by atoms with Gasteiger partial charge in [-0.1, -0.05) is 30.3 Å². The number of urea groups is 1. The van der Waals surface area contributed by atoms with Crippen molar-refractivity contribution >= 4 is 6.03 Å². The molecule has 0 aliphatic heterocycles. The van der Waals surface area contributed by atoms with Crippen LogP contribution in [0, 0.1) is 0 Å². The number of carbonyl (C=O) groups is 1. The zero-order chi connectivity index (χ0) is 12.7. The number of nitrogens with two attached hydrogens (primary N) is 1. The van der Waals surface area contributed by atoms with Crippen molar-refractivity contribution in [2.45, 2.75) is 38.9 Å². The van der Waals surface area contributed by atoms with Gasteiger partial charge in [-0.05, 0) is 25.8 Å². The van der Waals surface area contributed by atoms with E-state index in [1.54, 1.807) is 0 Å². The van der Waals surface area contributed by atoms with Gasteiger partial charge in [0.25, 0.3) is 0 Å². The minimum Gasteiger partial charge on any atom is -0.336 e. The van der Waals surface area contributed by atoms with Gasteiger partial charge >= 0.3 is 6.03 Å². The van der Waals surface area contributed by atoms with Crippen molar-refractivity contribution in [3.8, 4) is 0 Å². The zero-order valence-corrected chi connectivity index (χ0v) is 10.4. The van der Waals surface area contributed by atoms with Crippen LogP contribution in [-0.2, 0) is 6.54 Å². The summed E-state index contributed by atoms with van der Waals surface area (Å²) in [6, 6.07) is 9.85. The highest BCUT2D eigenvalue weighted by Crippen LogP contribution is 1.97. The van der Waals surface area contributed by atoms with E-state index in [-0.39, 0.29) is 18.1 Å². The molecular formula is C13H21N3O. The summed E-state index contributed by atoms with van der Waals surface area (Å²) in [6.07, 6.45) is 0.777. The Labute approximate surface area is 103 Å². The van der Waals surface area contributed by atoms with Crippen LogP contribution in [0.3, 0.4) is 0 Å². The second-order valence-electron chi connectivity index (χ2n) is 4.43. The SMILES string of the molecule is CC(N)CC(C)NC(=O)NCc1ccccc1. The van der Waals surface area contributed by atoms with Crippen LogP contribution in [0.15, 0.2) is 30.3 Å².